The zero-order valence-electron chi connectivity index (χ0n) is 12.5. The molecule has 0 saturated carbocycles. The van der Waals surface area contributed by atoms with Gasteiger partial charge in [0.2, 0.25) is 10.0 Å². The van der Waals surface area contributed by atoms with Crippen LogP contribution in [0.4, 0.5) is 0 Å². The van der Waals surface area contributed by atoms with Gasteiger partial charge in [-0.3, -0.25) is 4.79 Å². The number of rotatable bonds is 6. The first-order valence-corrected chi connectivity index (χ1v) is 8.85. The lowest BCUT2D eigenvalue weighted by Gasteiger charge is -2.09. The number of hydrogen-bond acceptors (Lipinski definition) is 3. The first-order valence-electron chi connectivity index (χ1n) is 6.99. The average molecular weight is 353 g/mol. The van der Waals surface area contributed by atoms with E-state index in [1.807, 2.05) is 6.92 Å². The molecule has 0 aliphatic rings. The minimum Gasteiger partial charge on any atom is -0.351 e. The number of benzene rings is 2. The summed E-state index contributed by atoms with van der Waals surface area (Å²) in [5, 5.41) is 2.97. The summed E-state index contributed by atoms with van der Waals surface area (Å²) >= 11 is 5.92. The summed E-state index contributed by atoms with van der Waals surface area (Å²) in [6.45, 7) is 2.13. The Labute approximate surface area is 140 Å². The Hall–Kier alpha value is -1.89. The van der Waals surface area contributed by atoms with Crippen molar-refractivity contribution in [2.45, 2.75) is 11.8 Å². The largest absolute Gasteiger partial charge is 0.351 e. The molecule has 0 fully saturated rings. The van der Waals surface area contributed by atoms with Crippen LogP contribution in [0.5, 0.6) is 0 Å². The van der Waals surface area contributed by atoms with Crippen molar-refractivity contribution in [3.63, 3.8) is 0 Å². The highest BCUT2D eigenvalue weighted by molar-refractivity contribution is 7.89. The minimum absolute atomic E-state index is 0.0897. The second-order valence-electron chi connectivity index (χ2n) is 4.95. The van der Waals surface area contributed by atoms with Gasteiger partial charge in [0.05, 0.1) is 15.5 Å². The molecular weight excluding hydrogens is 336 g/mol. The van der Waals surface area contributed by atoms with Gasteiger partial charge >= 0.3 is 0 Å². The van der Waals surface area contributed by atoms with Crippen molar-refractivity contribution in [1.82, 2.24) is 10.0 Å². The summed E-state index contributed by atoms with van der Waals surface area (Å²) in [6, 6.07) is 13.2. The summed E-state index contributed by atoms with van der Waals surface area (Å²) in [7, 11) is -3.58. The summed E-state index contributed by atoms with van der Waals surface area (Å²) in [6.07, 6.45) is 0. The molecule has 5 nitrogen and oxygen atoms in total. The maximum atomic E-state index is 12.1. The fraction of sp³-hybridized carbons (Fsp3) is 0.188. The summed E-state index contributed by atoms with van der Waals surface area (Å²) in [5.74, 6) is -0.342. The molecule has 2 aromatic rings. The number of aryl methyl sites for hydroxylation is 1. The smallest absolute Gasteiger partial charge is 0.252 e. The quantitative estimate of drug-likeness (QED) is 0.784. The lowest BCUT2D eigenvalue weighted by atomic mass is 10.2. The van der Waals surface area contributed by atoms with Gasteiger partial charge in [-0.15, -0.1) is 0 Å². The molecule has 0 atom stereocenters. The van der Waals surface area contributed by atoms with E-state index in [2.05, 4.69) is 10.0 Å². The van der Waals surface area contributed by atoms with Crippen LogP contribution in [0, 0.1) is 6.92 Å². The van der Waals surface area contributed by atoms with Crippen LogP contribution < -0.4 is 10.0 Å². The highest BCUT2D eigenvalue weighted by atomic mass is 35.5. The predicted octanol–water partition coefficient (Wildman–Crippen LogP) is 2.36. The van der Waals surface area contributed by atoms with E-state index in [4.69, 9.17) is 11.6 Å². The molecule has 0 heterocycles. The standard InChI is InChI=1S/C16H17ClN2O3S/c1-12-6-8-13(9-7-12)23(21,22)19-11-10-18-16(20)14-4-2-3-5-15(14)17/h2-9,19H,10-11H2,1H3,(H,18,20). The molecule has 2 aromatic carbocycles. The maximum Gasteiger partial charge on any atom is 0.252 e. The molecule has 0 aromatic heterocycles. The van der Waals surface area contributed by atoms with Gasteiger partial charge in [-0.1, -0.05) is 41.4 Å². The van der Waals surface area contributed by atoms with E-state index in [-0.39, 0.29) is 23.9 Å². The van der Waals surface area contributed by atoms with E-state index in [1.165, 1.54) is 0 Å². The third kappa shape index (κ3) is 4.79. The van der Waals surface area contributed by atoms with E-state index < -0.39 is 10.0 Å². The van der Waals surface area contributed by atoms with Gasteiger partial charge in [0.15, 0.2) is 0 Å². The fourth-order valence-corrected chi connectivity index (χ4v) is 3.16. The zero-order chi connectivity index (χ0) is 16.9. The van der Waals surface area contributed by atoms with Crippen molar-refractivity contribution in [3.8, 4) is 0 Å². The number of nitrogens with one attached hydrogen (secondary N) is 2. The third-order valence-electron chi connectivity index (χ3n) is 3.15. The number of hydrogen-bond donors (Lipinski definition) is 2. The number of amides is 1. The van der Waals surface area contributed by atoms with Crippen molar-refractivity contribution in [2.75, 3.05) is 13.1 Å². The first kappa shape index (κ1) is 17.5. The van der Waals surface area contributed by atoms with Crippen LogP contribution in [0.25, 0.3) is 0 Å². The van der Waals surface area contributed by atoms with Crippen molar-refractivity contribution in [3.05, 3.63) is 64.7 Å². The molecule has 0 aliphatic carbocycles. The molecule has 0 saturated heterocycles. The lowest BCUT2D eigenvalue weighted by molar-refractivity contribution is 0.0954. The van der Waals surface area contributed by atoms with Crippen molar-refractivity contribution in [1.29, 1.82) is 0 Å². The monoisotopic (exact) mass is 352 g/mol. The number of sulfonamides is 1. The van der Waals surface area contributed by atoms with Crippen LogP contribution in [0.1, 0.15) is 15.9 Å². The van der Waals surface area contributed by atoms with Crippen molar-refractivity contribution in [2.24, 2.45) is 0 Å². The van der Waals surface area contributed by atoms with Crippen LogP contribution in [0.2, 0.25) is 5.02 Å². The molecule has 2 N–H and O–H groups in total. The molecule has 0 radical (unpaired) electrons. The molecule has 0 unspecified atom stereocenters. The van der Waals surface area contributed by atoms with E-state index in [0.29, 0.717) is 10.6 Å². The molecule has 2 rings (SSSR count). The Morgan fingerprint density at radius 1 is 1.04 bits per heavy atom. The van der Waals surface area contributed by atoms with Gasteiger partial charge in [-0.05, 0) is 31.2 Å². The Kier molecular flexibility index (Phi) is 5.76. The van der Waals surface area contributed by atoms with Gasteiger partial charge in [0.1, 0.15) is 0 Å². The molecule has 0 bridgehead atoms. The molecule has 23 heavy (non-hydrogen) atoms. The Bertz CT molecular complexity index is 789. The number of carbonyl (C=O) groups is 1. The normalized spacial score (nSPS) is 11.2. The van der Waals surface area contributed by atoms with E-state index in [0.717, 1.165) is 5.56 Å². The Balaban J connectivity index is 1.86. The molecule has 1 amide bonds. The first-order chi connectivity index (χ1) is 10.9. The summed E-state index contributed by atoms with van der Waals surface area (Å²) in [4.78, 5) is 12.1. The van der Waals surface area contributed by atoms with Gasteiger partial charge in [0, 0.05) is 13.1 Å². The maximum absolute atomic E-state index is 12.1. The average Bonchev–Trinajstić information content (AvgIpc) is 2.52. The fourth-order valence-electron chi connectivity index (χ4n) is 1.90. The van der Waals surface area contributed by atoms with E-state index >= 15 is 0 Å². The third-order valence-corrected chi connectivity index (χ3v) is 4.96. The van der Waals surface area contributed by atoms with E-state index in [1.54, 1.807) is 48.5 Å². The summed E-state index contributed by atoms with van der Waals surface area (Å²) in [5.41, 5.74) is 1.34. The number of carbonyl (C=O) groups excluding carboxylic acids is 1. The van der Waals surface area contributed by atoms with Crippen LogP contribution in [-0.4, -0.2) is 27.4 Å². The lowest BCUT2D eigenvalue weighted by Crippen LogP contribution is -2.34. The van der Waals surface area contributed by atoms with Gasteiger partial charge in [-0.25, -0.2) is 13.1 Å². The topological polar surface area (TPSA) is 75.3 Å². The molecule has 0 spiro atoms. The minimum atomic E-state index is -3.58. The highest BCUT2D eigenvalue weighted by Crippen LogP contribution is 2.14. The number of halogens is 1. The molecule has 0 aliphatic heterocycles. The SMILES string of the molecule is Cc1ccc(S(=O)(=O)NCCNC(=O)c2ccccc2Cl)cc1. The zero-order valence-corrected chi connectivity index (χ0v) is 14.1. The Morgan fingerprint density at radius 2 is 1.70 bits per heavy atom. The van der Waals surface area contributed by atoms with Gasteiger partial charge in [0.25, 0.3) is 5.91 Å². The summed E-state index contributed by atoms with van der Waals surface area (Å²) < 4.78 is 26.6. The second-order valence-corrected chi connectivity index (χ2v) is 7.12. The van der Waals surface area contributed by atoms with Gasteiger partial charge in [-0.2, -0.15) is 0 Å². The van der Waals surface area contributed by atoms with Crippen LogP contribution >= 0.6 is 11.6 Å². The predicted molar refractivity (Wildman–Crippen MR) is 90.2 cm³/mol. The van der Waals surface area contributed by atoms with Crippen LogP contribution in [-0.2, 0) is 10.0 Å². The van der Waals surface area contributed by atoms with Crippen LogP contribution in [0.3, 0.4) is 0 Å². The van der Waals surface area contributed by atoms with Gasteiger partial charge < -0.3 is 5.32 Å². The molecule has 7 heteroatoms. The van der Waals surface area contributed by atoms with Crippen molar-refractivity contribution < 1.29 is 13.2 Å². The second kappa shape index (κ2) is 7.59. The van der Waals surface area contributed by atoms with Crippen LogP contribution in [0.15, 0.2) is 53.4 Å². The molecular formula is C16H17ClN2O3S. The highest BCUT2D eigenvalue weighted by Gasteiger charge is 2.13. The van der Waals surface area contributed by atoms with Crippen molar-refractivity contribution >= 4 is 27.5 Å². The molecule has 122 valence electrons. The Morgan fingerprint density at radius 3 is 2.35 bits per heavy atom. The van der Waals surface area contributed by atoms with E-state index in [9.17, 15) is 13.2 Å².